The van der Waals surface area contributed by atoms with E-state index in [0.717, 1.165) is 0 Å². The summed E-state index contributed by atoms with van der Waals surface area (Å²) in [5, 5.41) is 0.301. The highest BCUT2D eigenvalue weighted by Crippen LogP contribution is 2.30. The minimum atomic E-state index is -2.94. The van der Waals surface area contributed by atoms with Gasteiger partial charge in [0.2, 0.25) is 0 Å². The van der Waals surface area contributed by atoms with E-state index in [-0.39, 0.29) is 24.0 Å². The minimum absolute atomic E-state index is 0.0449. The number of carbonyl (C=O) groups excluding carboxylic acids is 1. The number of nitrogens with zero attached hydrogens (tertiary/aromatic N) is 2. The largest absolute Gasteiger partial charge is 0.490 e. The van der Waals surface area contributed by atoms with Crippen molar-refractivity contribution in [3.05, 3.63) is 52.8 Å². The fraction of sp³-hybridized carbons (Fsp3) is 0.294. The second kappa shape index (κ2) is 8.62. The van der Waals surface area contributed by atoms with E-state index in [2.05, 4.69) is 9.72 Å². The van der Waals surface area contributed by atoms with Gasteiger partial charge in [0, 0.05) is 19.8 Å². The predicted octanol–water partition coefficient (Wildman–Crippen LogP) is 4.01. The first-order valence-corrected chi connectivity index (χ1v) is 7.86. The summed E-state index contributed by atoms with van der Waals surface area (Å²) in [6.45, 7) is -0.640. The van der Waals surface area contributed by atoms with E-state index in [9.17, 15) is 13.6 Å². The van der Waals surface area contributed by atoms with Gasteiger partial charge in [-0.15, -0.1) is 0 Å². The van der Waals surface area contributed by atoms with E-state index in [1.807, 2.05) is 0 Å². The van der Waals surface area contributed by atoms with Crippen LogP contribution in [0.1, 0.15) is 22.8 Å². The Hall–Kier alpha value is -2.41. The molecule has 0 aliphatic carbocycles. The number of hydrogen-bond donors (Lipinski definition) is 0. The van der Waals surface area contributed by atoms with Crippen LogP contribution in [0.15, 0.2) is 36.5 Å². The first-order valence-electron chi connectivity index (χ1n) is 7.48. The monoisotopic (exact) mass is 370 g/mol. The second-order valence-electron chi connectivity index (χ2n) is 5.12. The normalized spacial score (nSPS) is 10.6. The molecule has 1 aromatic heterocycles. The molecular weight excluding hydrogens is 354 g/mol. The Bertz CT molecular complexity index is 726. The van der Waals surface area contributed by atoms with E-state index in [0.29, 0.717) is 22.9 Å². The van der Waals surface area contributed by atoms with Crippen LogP contribution in [-0.4, -0.2) is 36.1 Å². The molecule has 25 heavy (non-hydrogen) atoms. The number of carbonyl (C=O) groups is 1. The Kier molecular flexibility index (Phi) is 6.52. The number of rotatable bonds is 7. The number of amides is 1. The molecule has 0 bridgehead atoms. The SMILES string of the molecule is CCOc1cc(CN(C)C(=O)c2ccc(Cl)nc2)ccc1OC(F)F. The van der Waals surface area contributed by atoms with Crippen molar-refractivity contribution in [3.8, 4) is 11.5 Å². The average molecular weight is 371 g/mol. The van der Waals surface area contributed by atoms with Crippen molar-refractivity contribution in [1.29, 1.82) is 0 Å². The van der Waals surface area contributed by atoms with Gasteiger partial charge in [0.1, 0.15) is 5.15 Å². The highest BCUT2D eigenvalue weighted by atomic mass is 35.5. The van der Waals surface area contributed by atoms with Crippen molar-refractivity contribution in [3.63, 3.8) is 0 Å². The number of pyridine rings is 1. The lowest BCUT2D eigenvalue weighted by Crippen LogP contribution is -2.26. The number of ether oxygens (including phenoxy) is 2. The fourth-order valence-electron chi connectivity index (χ4n) is 2.18. The van der Waals surface area contributed by atoms with Crippen molar-refractivity contribution in [2.45, 2.75) is 20.1 Å². The molecule has 0 saturated carbocycles. The summed E-state index contributed by atoms with van der Waals surface area (Å²) in [4.78, 5) is 17.7. The van der Waals surface area contributed by atoms with E-state index >= 15 is 0 Å². The molecule has 0 saturated heterocycles. The topological polar surface area (TPSA) is 51.7 Å². The highest BCUT2D eigenvalue weighted by Gasteiger charge is 2.15. The molecule has 2 rings (SSSR count). The van der Waals surface area contributed by atoms with Gasteiger partial charge in [0.05, 0.1) is 12.2 Å². The molecule has 1 heterocycles. The number of benzene rings is 1. The molecule has 0 fully saturated rings. The van der Waals surface area contributed by atoms with Crippen LogP contribution in [0.4, 0.5) is 8.78 Å². The Morgan fingerprint density at radius 2 is 2.04 bits per heavy atom. The summed E-state index contributed by atoms with van der Waals surface area (Å²) in [7, 11) is 1.63. The van der Waals surface area contributed by atoms with Crippen LogP contribution < -0.4 is 9.47 Å². The Morgan fingerprint density at radius 3 is 2.64 bits per heavy atom. The van der Waals surface area contributed by atoms with Gasteiger partial charge in [-0.2, -0.15) is 8.78 Å². The Morgan fingerprint density at radius 1 is 1.28 bits per heavy atom. The van der Waals surface area contributed by atoms with Crippen LogP contribution in [0.25, 0.3) is 0 Å². The zero-order valence-electron chi connectivity index (χ0n) is 13.7. The van der Waals surface area contributed by atoms with Gasteiger partial charge >= 0.3 is 6.61 Å². The summed E-state index contributed by atoms with van der Waals surface area (Å²) >= 11 is 5.71. The van der Waals surface area contributed by atoms with Gasteiger partial charge in [-0.1, -0.05) is 17.7 Å². The van der Waals surface area contributed by atoms with E-state index in [4.69, 9.17) is 16.3 Å². The molecule has 0 N–H and O–H groups in total. The van der Waals surface area contributed by atoms with Crippen LogP contribution in [0.5, 0.6) is 11.5 Å². The third-order valence-electron chi connectivity index (χ3n) is 3.26. The molecule has 134 valence electrons. The molecule has 0 unspecified atom stereocenters. The third kappa shape index (κ3) is 5.29. The smallest absolute Gasteiger partial charge is 0.387 e. The summed E-state index contributed by atoms with van der Waals surface area (Å²) < 4.78 is 34.6. The lowest BCUT2D eigenvalue weighted by molar-refractivity contribution is -0.0514. The van der Waals surface area contributed by atoms with Gasteiger partial charge in [-0.25, -0.2) is 4.98 Å². The lowest BCUT2D eigenvalue weighted by Gasteiger charge is -2.19. The van der Waals surface area contributed by atoms with Crippen LogP contribution in [-0.2, 0) is 6.54 Å². The number of aromatic nitrogens is 1. The Labute approximate surface area is 149 Å². The summed E-state index contributed by atoms with van der Waals surface area (Å²) in [6, 6.07) is 7.69. The van der Waals surface area contributed by atoms with Crippen LogP contribution in [0, 0.1) is 0 Å². The summed E-state index contributed by atoms with van der Waals surface area (Å²) in [5.74, 6) is -0.0826. The molecule has 0 spiro atoms. The quantitative estimate of drug-likeness (QED) is 0.691. The Balaban J connectivity index is 2.14. The van der Waals surface area contributed by atoms with Gasteiger partial charge in [0.15, 0.2) is 11.5 Å². The van der Waals surface area contributed by atoms with Crippen molar-refractivity contribution < 1.29 is 23.0 Å². The maximum Gasteiger partial charge on any atom is 0.387 e. The van der Waals surface area contributed by atoms with Crippen molar-refractivity contribution in [2.24, 2.45) is 0 Å². The number of halogens is 3. The number of hydrogen-bond acceptors (Lipinski definition) is 4. The molecule has 0 atom stereocenters. The summed E-state index contributed by atoms with van der Waals surface area (Å²) in [6.07, 6.45) is 1.40. The standard InChI is InChI=1S/C17H17ClF2N2O3/c1-3-24-14-8-11(4-6-13(14)25-17(19)20)10-22(2)16(23)12-5-7-15(18)21-9-12/h4-9,17H,3,10H2,1-2H3. The molecule has 0 aliphatic rings. The van der Waals surface area contributed by atoms with Crippen LogP contribution in [0.2, 0.25) is 5.15 Å². The number of alkyl halides is 2. The molecular formula is C17H17ClF2N2O3. The van der Waals surface area contributed by atoms with E-state index in [1.54, 1.807) is 32.2 Å². The fourth-order valence-corrected chi connectivity index (χ4v) is 2.29. The molecule has 0 aliphatic heterocycles. The lowest BCUT2D eigenvalue weighted by atomic mass is 10.1. The van der Waals surface area contributed by atoms with Crippen LogP contribution >= 0.6 is 11.6 Å². The van der Waals surface area contributed by atoms with Crippen molar-refractivity contribution in [2.75, 3.05) is 13.7 Å². The second-order valence-corrected chi connectivity index (χ2v) is 5.51. The first kappa shape index (κ1) is 18.9. The average Bonchev–Trinajstić information content (AvgIpc) is 2.57. The van der Waals surface area contributed by atoms with Crippen molar-refractivity contribution in [1.82, 2.24) is 9.88 Å². The van der Waals surface area contributed by atoms with Crippen molar-refractivity contribution >= 4 is 17.5 Å². The van der Waals surface area contributed by atoms with Gasteiger partial charge in [-0.05, 0) is 36.8 Å². The molecule has 8 heteroatoms. The molecule has 1 amide bonds. The molecule has 0 radical (unpaired) electrons. The zero-order valence-corrected chi connectivity index (χ0v) is 14.5. The van der Waals surface area contributed by atoms with Gasteiger partial charge < -0.3 is 14.4 Å². The highest BCUT2D eigenvalue weighted by molar-refractivity contribution is 6.29. The third-order valence-corrected chi connectivity index (χ3v) is 3.49. The first-order chi connectivity index (χ1) is 11.9. The minimum Gasteiger partial charge on any atom is -0.490 e. The van der Waals surface area contributed by atoms with Crippen LogP contribution in [0.3, 0.4) is 0 Å². The van der Waals surface area contributed by atoms with E-state index < -0.39 is 6.61 Å². The predicted molar refractivity (Wildman–Crippen MR) is 89.3 cm³/mol. The maximum atomic E-state index is 12.4. The zero-order chi connectivity index (χ0) is 18.4. The van der Waals surface area contributed by atoms with Gasteiger partial charge in [-0.3, -0.25) is 4.79 Å². The van der Waals surface area contributed by atoms with E-state index in [1.165, 1.54) is 23.2 Å². The molecule has 5 nitrogen and oxygen atoms in total. The summed E-state index contributed by atoms with van der Waals surface area (Å²) in [5.41, 5.74) is 1.11. The van der Waals surface area contributed by atoms with Gasteiger partial charge in [0.25, 0.3) is 5.91 Å². The maximum absolute atomic E-state index is 12.4. The molecule has 2 aromatic rings. The molecule has 1 aromatic carbocycles.